The molecule has 5 nitrogen and oxygen atoms in total. The van der Waals surface area contributed by atoms with E-state index in [-0.39, 0.29) is 18.4 Å². The van der Waals surface area contributed by atoms with Crippen molar-refractivity contribution in [1.82, 2.24) is 5.06 Å². The Morgan fingerprint density at radius 1 is 1.14 bits per heavy atom. The SMILES string of the molecule is O=C(ON1C(=O)CCC1=O)C(Br)c1ccc(C(F)(F)F)cc1. The van der Waals surface area contributed by atoms with E-state index < -0.39 is 34.4 Å². The van der Waals surface area contributed by atoms with Gasteiger partial charge in [0.1, 0.15) is 4.83 Å². The van der Waals surface area contributed by atoms with Gasteiger partial charge in [0.2, 0.25) is 0 Å². The molecule has 1 fully saturated rings. The van der Waals surface area contributed by atoms with E-state index in [0.29, 0.717) is 5.06 Å². The van der Waals surface area contributed by atoms with Crippen LogP contribution < -0.4 is 0 Å². The fourth-order valence-electron chi connectivity index (χ4n) is 1.77. The van der Waals surface area contributed by atoms with E-state index in [2.05, 4.69) is 20.8 Å². The number of carbonyl (C=O) groups excluding carboxylic acids is 3. The Bertz CT molecular complexity index is 599. The van der Waals surface area contributed by atoms with Gasteiger partial charge in [-0.05, 0) is 17.7 Å². The molecule has 0 aliphatic carbocycles. The van der Waals surface area contributed by atoms with Crippen LogP contribution in [0, 0.1) is 0 Å². The summed E-state index contributed by atoms with van der Waals surface area (Å²) in [7, 11) is 0. The number of nitrogens with zero attached hydrogens (tertiary/aromatic N) is 1. The number of halogens is 4. The van der Waals surface area contributed by atoms with Crippen molar-refractivity contribution in [3.63, 3.8) is 0 Å². The van der Waals surface area contributed by atoms with Crippen molar-refractivity contribution in [1.29, 1.82) is 0 Å². The third-order valence-electron chi connectivity index (χ3n) is 2.92. The number of alkyl halides is 4. The molecule has 1 aliphatic heterocycles. The monoisotopic (exact) mass is 379 g/mol. The highest BCUT2D eigenvalue weighted by molar-refractivity contribution is 9.09. The van der Waals surface area contributed by atoms with Crippen LogP contribution in [0.5, 0.6) is 0 Å². The highest BCUT2D eigenvalue weighted by Gasteiger charge is 2.35. The molecule has 0 bridgehead atoms. The molecule has 1 aliphatic rings. The molecule has 0 N–H and O–H groups in total. The number of rotatable bonds is 3. The number of amides is 2. The van der Waals surface area contributed by atoms with E-state index in [0.717, 1.165) is 24.3 Å². The molecule has 1 unspecified atom stereocenters. The molecule has 0 aromatic heterocycles. The Morgan fingerprint density at radius 3 is 2.09 bits per heavy atom. The van der Waals surface area contributed by atoms with Crippen LogP contribution in [0.1, 0.15) is 28.8 Å². The molecule has 1 aromatic carbocycles. The number of imide groups is 1. The maximum absolute atomic E-state index is 12.5. The molecule has 22 heavy (non-hydrogen) atoms. The van der Waals surface area contributed by atoms with Gasteiger partial charge < -0.3 is 4.84 Å². The van der Waals surface area contributed by atoms with Gasteiger partial charge in [-0.1, -0.05) is 28.1 Å². The third kappa shape index (κ3) is 3.46. The summed E-state index contributed by atoms with van der Waals surface area (Å²) < 4.78 is 37.4. The highest BCUT2D eigenvalue weighted by atomic mass is 79.9. The molecule has 1 saturated heterocycles. The van der Waals surface area contributed by atoms with Gasteiger partial charge in [-0.3, -0.25) is 9.59 Å². The molecular weight excluding hydrogens is 371 g/mol. The number of carbonyl (C=O) groups is 3. The van der Waals surface area contributed by atoms with Crippen molar-refractivity contribution in [3.8, 4) is 0 Å². The van der Waals surface area contributed by atoms with Crippen LogP contribution in [0.15, 0.2) is 24.3 Å². The average Bonchev–Trinajstić information content (AvgIpc) is 2.77. The molecule has 0 spiro atoms. The second-order valence-corrected chi connectivity index (χ2v) is 5.39. The van der Waals surface area contributed by atoms with E-state index in [1.54, 1.807) is 0 Å². The molecule has 2 amide bonds. The Hall–Kier alpha value is -1.90. The fourth-order valence-corrected chi connectivity index (χ4v) is 2.16. The number of benzene rings is 1. The van der Waals surface area contributed by atoms with Crippen LogP contribution in [-0.2, 0) is 25.4 Å². The first-order chi connectivity index (χ1) is 10.2. The molecule has 9 heteroatoms. The van der Waals surface area contributed by atoms with Crippen molar-refractivity contribution < 1.29 is 32.4 Å². The zero-order valence-corrected chi connectivity index (χ0v) is 12.5. The second kappa shape index (κ2) is 6.07. The van der Waals surface area contributed by atoms with Crippen molar-refractivity contribution in [3.05, 3.63) is 35.4 Å². The standard InChI is InChI=1S/C13H9BrF3NO4/c14-11(7-1-3-8(4-2-7)13(15,16)17)12(21)22-18-9(19)5-6-10(18)20/h1-4,11H,5-6H2. The summed E-state index contributed by atoms with van der Waals surface area (Å²) in [4.78, 5) is 38.1. The molecule has 0 radical (unpaired) electrons. The molecule has 2 rings (SSSR count). The molecule has 1 heterocycles. The number of hydrogen-bond donors (Lipinski definition) is 0. The minimum absolute atomic E-state index is 0.0423. The smallest absolute Gasteiger partial charge is 0.329 e. The van der Waals surface area contributed by atoms with Crippen LogP contribution in [-0.4, -0.2) is 22.8 Å². The predicted molar refractivity (Wildman–Crippen MR) is 70.3 cm³/mol. The topological polar surface area (TPSA) is 63.7 Å². The van der Waals surface area contributed by atoms with Gasteiger partial charge in [0.05, 0.1) is 5.56 Å². The van der Waals surface area contributed by atoms with Crippen molar-refractivity contribution >= 4 is 33.7 Å². The first-order valence-electron chi connectivity index (χ1n) is 6.09. The van der Waals surface area contributed by atoms with Crippen molar-refractivity contribution in [2.45, 2.75) is 23.8 Å². The lowest BCUT2D eigenvalue weighted by molar-refractivity contribution is -0.197. The van der Waals surface area contributed by atoms with Gasteiger partial charge in [-0.2, -0.15) is 13.2 Å². The van der Waals surface area contributed by atoms with Gasteiger partial charge in [0, 0.05) is 12.8 Å². The molecule has 1 atom stereocenters. The lowest BCUT2D eigenvalue weighted by Crippen LogP contribution is -2.33. The third-order valence-corrected chi connectivity index (χ3v) is 3.83. The molecule has 0 saturated carbocycles. The van der Waals surface area contributed by atoms with Gasteiger partial charge in [-0.15, -0.1) is 5.06 Å². The normalized spacial score (nSPS) is 16.8. The lowest BCUT2D eigenvalue weighted by atomic mass is 10.1. The van der Waals surface area contributed by atoms with Gasteiger partial charge in [0.25, 0.3) is 11.8 Å². The second-order valence-electron chi connectivity index (χ2n) is 4.47. The van der Waals surface area contributed by atoms with Crippen LogP contribution in [0.25, 0.3) is 0 Å². The molecular formula is C13H9BrF3NO4. The van der Waals surface area contributed by atoms with Crippen LogP contribution in [0.4, 0.5) is 13.2 Å². The van der Waals surface area contributed by atoms with Gasteiger partial charge in [0.15, 0.2) is 0 Å². The highest BCUT2D eigenvalue weighted by Crippen LogP contribution is 2.32. The number of hydrogen-bond acceptors (Lipinski definition) is 4. The fraction of sp³-hybridized carbons (Fsp3) is 0.308. The van der Waals surface area contributed by atoms with Crippen LogP contribution >= 0.6 is 15.9 Å². The molecule has 1 aromatic rings. The van der Waals surface area contributed by atoms with E-state index >= 15 is 0 Å². The number of hydroxylamine groups is 2. The van der Waals surface area contributed by atoms with E-state index in [1.165, 1.54) is 0 Å². The summed E-state index contributed by atoms with van der Waals surface area (Å²) in [5.41, 5.74) is -0.647. The zero-order chi connectivity index (χ0) is 16.5. The Balaban J connectivity index is 2.07. The largest absolute Gasteiger partial charge is 0.416 e. The van der Waals surface area contributed by atoms with E-state index in [4.69, 9.17) is 0 Å². The first-order valence-corrected chi connectivity index (χ1v) is 7.00. The van der Waals surface area contributed by atoms with Crippen LogP contribution in [0.2, 0.25) is 0 Å². The van der Waals surface area contributed by atoms with E-state index in [9.17, 15) is 27.6 Å². The zero-order valence-electron chi connectivity index (χ0n) is 10.9. The summed E-state index contributed by atoms with van der Waals surface area (Å²) in [5, 5.41) is 0.376. The molecule has 118 valence electrons. The lowest BCUT2D eigenvalue weighted by Gasteiger charge is -2.16. The summed E-state index contributed by atoms with van der Waals surface area (Å²) in [6, 6.07) is 3.86. The minimum atomic E-state index is -4.48. The predicted octanol–water partition coefficient (Wildman–Crippen LogP) is 2.75. The Morgan fingerprint density at radius 2 is 1.64 bits per heavy atom. The Labute approximate surface area is 131 Å². The average molecular weight is 380 g/mol. The maximum atomic E-state index is 12.5. The minimum Gasteiger partial charge on any atom is -0.329 e. The van der Waals surface area contributed by atoms with Crippen molar-refractivity contribution in [2.24, 2.45) is 0 Å². The van der Waals surface area contributed by atoms with Gasteiger partial charge in [-0.25, -0.2) is 4.79 Å². The quantitative estimate of drug-likeness (QED) is 0.598. The van der Waals surface area contributed by atoms with E-state index in [1.807, 2.05) is 0 Å². The van der Waals surface area contributed by atoms with Gasteiger partial charge >= 0.3 is 12.1 Å². The summed E-state index contributed by atoms with van der Waals surface area (Å²) >= 11 is 2.97. The summed E-state index contributed by atoms with van der Waals surface area (Å²) in [6.07, 6.45) is -4.56. The Kier molecular flexibility index (Phi) is 4.55. The van der Waals surface area contributed by atoms with Crippen LogP contribution in [0.3, 0.4) is 0 Å². The maximum Gasteiger partial charge on any atom is 0.416 e. The summed E-state index contributed by atoms with van der Waals surface area (Å²) in [5.74, 6) is -2.24. The van der Waals surface area contributed by atoms with Crippen molar-refractivity contribution in [2.75, 3.05) is 0 Å². The summed E-state index contributed by atoms with van der Waals surface area (Å²) in [6.45, 7) is 0. The first kappa shape index (κ1) is 16.5.